The molecule has 2 aromatic heterocycles. The van der Waals surface area contributed by atoms with Gasteiger partial charge in [0.25, 0.3) is 0 Å². The molecule has 10 rings (SSSR count). The van der Waals surface area contributed by atoms with Gasteiger partial charge in [0, 0.05) is 36.9 Å². The molecule has 0 saturated carbocycles. The molecule has 0 unspecified atom stereocenters. The van der Waals surface area contributed by atoms with Gasteiger partial charge in [-0.15, -0.1) is 11.3 Å². The van der Waals surface area contributed by atoms with E-state index >= 15 is 0 Å². The summed E-state index contributed by atoms with van der Waals surface area (Å²) in [6, 6.07) is 36.5. The summed E-state index contributed by atoms with van der Waals surface area (Å²) in [4.78, 5) is 1.41. The third kappa shape index (κ3) is 4.55. The van der Waals surface area contributed by atoms with Crippen LogP contribution in [0.5, 0.6) is 0 Å². The van der Waals surface area contributed by atoms with Crippen LogP contribution < -0.4 is 4.90 Å². The Morgan fingerprint density at radius 2 is 1.18 bits per heavy atom. The monoisotopic (exact) mass is 651 g/mol. The molecule has 0 spiro atoms. The van der Waals surface area contributed by atoms with Crippen molar-refractivity contribution < 1.29 is 15.4 Å². The normalized spacial score (nSPS) is 14.0. The molecule has 0 aliphatic carbocycles. The maximum atomic E-state index is 9.98. The molecule has 8 aromatic carbocycles. The SMILES string of the molecule is [2H]c1c([2H])c(-c2cccc3sc4ccccc4c23)c([2H])c(N(c2c([2H])c([2H])c(-c3cccc4ccccc34)c([2H])c2[2H])c2cccc3oc4ccccc4c23)c1[2H]. The summed E-state index contributed by atoms with van der Waals surface area (Å²) in [5, 5.41) is 4.67. The zero-order valence-corrected chi connectivity index (χ0v) is 26.7. The van der Waals surface area contributed by atoms with Gasteiger partial charge in [0.2, 0.25) is 0 Å². The first kappa shape index (κ1) is 20.9. The highest BCUT2D eigenvalue weighted by atomic mass is 32.1. The van der Waals surface area contributed by atoms with Crippen molar-refractivity contribution >= 4 is 81.3 Å². The molecule has 10 aromatic rings. The first-order valence-corrected chi connectivity index (χ1v) is 16.8. The van der Waals surface area contributed by atoms with E-state index in [4.69, 9.17) is 4.42 Å². The van der Waals surface area contributed by atoms with Gasteiger partial charge >= 0.3 is 0 Å². The van der Waals surface area contributed by atoms with Crippen molar-refractivity contribution in [1.29, 1.82) is 0 Å². The predicted molar refractivity (Wildman–Crippen MR) is 210 cm³/mol. The Kier molecular flexibility index (Phi) is 4.80. The number of benzene rings is 8. The summed E-state index contributed by atoms with van der Waals surface area (Å²) in [5.74, 6) is 0. The van der Waals surface area contributed by atoms with Crippen LogP contribution in [0.3, 0.4) is 0 Å². The summed E-state index contributed by atoms with van der Waals surface area (Å²) in [5.41, 5.74) is 2.35. The molecular formula is C46H29NOS. The number of thiophene rings is 1. The first-order chi connectivity index (χ1) is 27.7. The highest BCUT2D eigenvalue weighted by Crippen LogP contribution is 2.45. The fourth-order valence-electron chi connectivity index (χ4n) is 6.85. The second kappa shape index (κ2) is 11.2. The highest BCUT2D eigenvalue weighted by Gasteiger charge is 2.20. The Bertz CT molecular complexity index is 3280. The summed E-state index contributed by atoms with van der Waals surface area (Å²) in [6.45, 7) is 0. The van der Waals surface area contributed by atoms with Crippen molar-refractivity contribution in [3.05, 3.63) is 176 Å². The number of furan rings is 1. The van der Waals surface area contributed by atoms with Crippen LogP contribution in [0.25, 0.3) is 75.1 Å². The molecule has 0 amide bonds. The third-order valence-electron chi connectivity index (χ3n) is 9.02. The quantitative estimate of drug-likeness (QED) is 0.184. The van der Waals surface area contributed by atoms with E-state index in [0.29, 0.717) is 38.8 Å². The molecule has 0 saturated heterocycles. The molecule has 230 valence electrons. The lowest BCUT2D eigenvalue weighted by molar-refractivity contribution is 0.669. The van der Waals surface area contributed by atoms with Crippen LogP contribution in [-0.4, -0.2) is 0 Å². The van der Waals surface area contributed by atoms with E-state index in [1.165, 1.54) is 4.90 Å². The smallest absolute Gasteiger partial charge is 0.137 e. The summed E-state index contributed by atoms with van der Waals surface area (Å²) in [6.07, 6.45) is 0. The number of hydrogen-bond acceptors (Lipinski definition) is 3. The van der Waals surface area contributed by atoms with Crippen LogP contribution in [0.15, 0.2) is 180 Å². The van der Waals surface area contributed by atoms with E-state index < -0.39 is 24.2 Å². The van der Waals surface area contributed by atoms with Gasteiger partial charge in [-0.2, -0.15) is 0 Å². The van der Waals surface area contributed by atoms with Crippen LogP contribution in [-0.2, 0) is 0 Å². The largest absolute Gasteiger partial charge is 0.456 e. The van der Waals surface area contributed by atoms with Gasteiger partial charge in [0.1, 0.15) is 11.2 Å². The molecule has 3 heteroatoms. The Morgan fingerprint density at radius 1 is 0.490 bits per heavy atom. The Morgan fingerprint density at radius 3 is 2.10 bits per heavy atom. The molecule has 2 heterocycles. The lowest BCUT2D eigenvalue weighted by Gasteiger charge is -2.27. The van der Waals surface area contributed by atoms with Gasteiger partial charge < -0.3 is 9.32 Å². The molecule has 2 nitrogen and oxygen atoms in total. The number of para-hydroxylation sites is 1. The van der Waals surface area contributed by atoms with E-state index in [1.54, 1.807) is 35.6 Å². The lowest BCUT2D eigenvalue weighted by atomic mass is 9.97. The predicted octanol–water partition coefficient (Wildman–Crippen LogP) is 13.9. The van der Waals surface area contributed by atoms with Crippen LogP contribution in [0.4, 0.5) is 17.1 Å². The fourth-order valence-corrected chi connectivity index (χ4v) is 7.99. The minimum atomic E-state index is -0.462. The van der Waals surface area contributed by atoms with Gasteiger partial charge in [-0.3, -0.25) is 0 Å². The number of anilines is 3. The van der Waals surface area contributed by atoms with E-state index in [-0.39, 0.29) is 46.7 Å². The average Bonchev–Trinajstić information content (AvgIpc) is 3.81. The van der Waals surface area contributed by atoms with Crippen molar-refractivity contribution in [3.8, 4) is 22.3 Å². The van der Waals surface area contributed by atoms with E-state index in [1.807, 2.05) is 103 Å². The number of nitrogens with zero attached hydrogens (tertiary/aromatic N) is 1. The molecule has 0 aliphatic rings. The maximum absolute atomic E-state index is 9.98. The van der Waals surface area contributed by atoms with E-state index in [2.05, 4.69) is 0 Å². The molecule has 0 radical (unpaired) electrons. The van der Waals surface area contributed by atoms with Gasteiger partial charge in [0.05, 0.1) is 22.0 Å². The standard InChI is InChI=1S/C46H29NOS/c1-2-15-35-30(11-1)12-8-18-36(35)31-25-27-33(28-26-31)47(40-20-10-22-42-46(40)38-16-3-5-21-41(38)48-42)34-14-7-13-32(29-34)37-19-9-24-44-45(37)39-17-4-6-23-43(39)49-44/h1-29H/i7D,13D,14D,25D,26D,27D,28D,29D. The van der Waals surface area contributed by atoms with Gasteiger partial charge in [-0.25, -0.2) is 0 Å². The first-order valence-electron chi connectivity index (χ1n) is 20.0. The zero-order valence-electron chi connectivity index (χ0n) is 33.9. The third-order valence-corrected chi connectivity index (χ3v) is 10.2. The Hall–Kier alpha value is -6.16. The van der Waals surface area contributed by atoms with E-state index in [0.717, 1.165) is 30.9 Å². The van der Waals surface area contributed by atoms with Crippen molar-refractivity contribution in [1.82, 2.24) is 0 Å². The molecule has 0 N–H and O–H groups in total. The Labute approximate surface area is 299 Å². The minimum Gasteiger partial charge on any atom is -0.456 e. The van der Waals surface area contributed by atoms with Gasteiger partial charge in [-0.1, -0.05) is 121 Å². The van der Waals surface area contributed by atoms with Crippen molar-refractivity contribution in [2.24, 2.45) is 0 Å². The summed E-state index contributed by atoms with van der Waals surface area (Å²) in [7, 11) is 0. The average molecular weight is 652 g/mol. The van der Waals surface area contributed by atoms with Crippen LogP contribution >= 0.6 is 11.3 Å². The topological polar surface area (TPSA) is 16.4 Å². The summed E-state index contributed by atoms with van der Waals surface area (Å²) >= 11 is 1.59. The lowest BCUT2D eigenvalue weighted by Crippen LogP contribution is -2.10. The molecule has 0 aliphatic heterocycles. The second-order valence-electron chi connectivity index (χ2n) is 11.8. The van der Waals surface area contributed by atoms with Crippen molar-refractivity contribution in [2.45, 2.75) is 0 Å². The van der Waals surface area contributed by atoms with Crippen LogP contribution in [0, 0.1) is 0 Å². The minimum absolute atomic E-state index is 0.119. The molecule has 0 bridgehead atoms. The highest BCUT2D eigenvalue weighted by molar-refractivity contribution is 7.25. The summed E-state index contributed by atoms with van der Waals surface area (Å²) < 4.78 is 84.5. The van der Waals surface area contributed by atoms with Gasteiger partial charge in [-0.05, 0) is 87.5 Å². The van der Waals surface area contributed by atoms with Crippen molar-refractivity contribution in [3.63, 3.8) is 0 Å². The maximum Gasteiger partial charge on any atom is 0.137 e. The number of hydrogen-bond donors (Lipinski definition) is 0. The molecule has 49 heavy (non-hydrogen) atoms. The van der Waals surface area contributed by atoms with Crippen molar-refractivity contribution in [2.75, 3.05) is 4.90 Å². The zero-order chi connectivity index (χ0) is 39.3. The number of rotatable bonds is 5. The Balaban J connectivity index is 1.34. The molecule has 0 atom stereocenters. The molecular weight excluding hydrogens is 615 g/mol. The second-order valence-corrected chi connectivity index (χ2v) is 12.9. The van der Waals surface area contributed by atoms with Gasteiger partial charge in [0.15, 0.2) is 0 Å². The van der Waals surface area contributed by atoms with Crippen LogP contribution in [0.1, 0.15) is 11.0 Å². The number of fused-ring (bicyclic) bond motifs is 7. The molecule has 0 fully saturated rings. The van der Waals surface area contributed by atoms with Crippen LogP contribution in [0.2, 0.25) is 0 Å². The fraction of sp³-hybridized carbons (Fsp3) is 0. The van der Waals surface area contributed by atoms with E-state index in [9.17, 15) is 11.0 Å².